The minimum absolute atomic E-state index is 0. The van der Waals surface area contributed by atoms with Gasteiger partial charge in [0.05, 0.1) is 41.0 Å². The molecule has 9 nitrogen and oxygen atoms in total. The zero-order chi connectivity index (χ0) is 102. The largest absolute Gasteiger partial charge is 0.501 e. The van der Waals surface area contributed by atoms with Gasteiger partial charge in [-0.3, -0.25) is 0 Å². The molecular weight excluding hydrogens is 2400 g/mol. The van der Waals surface area contributed by atoms with Crippen LogP contribution >= 0.6 is 0 Å². The molecule has 21 aromatic rings. The third-order valence-electron chi connectivity index (χ3n) is 26.0. The first-order valence-corrected chi connectivity index (χ1v) is 61.1. The predicted molar refractivity (Wildman–Crippen MR) is 614 cm³/mol. The van der Waals surface area contributed by atoms with Gasteiger partial charge in [-0.25, -0.2) is 4.39 Å². The SMILES string of the molecule is CC(C)(C)Cc1ccnc(-c2[c-]ccc3c2oc2c(Cc4ccccc4)cccc23)c1.CC(C)Cc1cc(-c2[c-]cccc2)ncc1[Si](C)(C)C.Cc1c[c-]c(-c2cc(C(C)C)c([Si](C)(C)C)cn2)cc1.Cc1c[c-]c(-c2cc(C(C)C)ccn2)c2oc3cc(Cc4ccccc4)ccc3c12.Cc1c[c-]c(-c2ccc([Si](C)(C)C)cn2)cc1.Fc1ccnc(-c2[c-]ccc3c2oc2ccc(Cc4ccccc4)cc23)c1.[Ir].[Ir].[Ir]. The second kappa shape index (κ2) is 50.2. The maximum Gasteiger partial charge on any atom is 0.124 e. The second-order valence-electron chi connectivity index (χ2n) is 43.4. The number of pyridine rings is 6. The molecule has 9 heterocycles. The van der Waals surface area contributed by atoms with Crippen molar-refractivity contribution in [2.24, 2.45) is 11.3 Å². The van der Waals surface area contributed by atoms with Gasteiger partial charge in [0, 0.05) is 120 Å². The summed E-state index contributed by atoms with van der Waals surface area (Å²) in [5.74, 6) is 1.32. The number of halogens is 1. The van der Waals surface area contributed by atoms with Gasteiger partial charge in [-0.05, 0) is 174 Å². The normalized spacial score (nSPS) is 11.5. The Morgan fingerprint density at radius 3 is 1.43 bits per heavy atom. The quantitative estimate of drug-likeness (QED) is 0.0543. The summed E-state index contributed by atoms with van der Waals surface area (Å²) in [6, 6.07) is 121. The van der Waals surface area contributed by atoms with Crippen LogP contribution in [0.1, 0.15) is 146 Å². The minimum atomic E-state index is -1.35. The first kappa shape index (κ1) is 113. The number of fused-ring (bicyclic) bond motifs is 9. The molecule has 0 unspecified atom stereocenters. The number of rotatable bonds is 20. The second-order valence-corrected chi connectivity index (χ2v) is 58.6. The number of hydrogen-bond donors (Lipinski definition) is 0. The van der Waals surface area contributed by atoms with Gasteiger partial charge in [0.1, 0.15) is 22.6 Å². The number of aromatic nitrogens is 6. The van der Waals surface area contributed by atoms with Crippen molar-refractivity contribution in [2.45, 2.75) is 186 Å². The topological polar surface area (TPSA) is 117 Å². The molecule has 0 fully saturated rings. The molecule has 0 saturated heterocycles. The van der Waals surface area contributed by atoms with Gasteiger partial charge >= 0.3 is 0 Å². The first-order valence-electron chi connectivity index (χ1n) is 50.6. The molecule has 0 N–H and O–H groups in total. The fourth-order valence-electron chi connectivity index (χ4n) is 18.4. The first-order chi connectivity index (χ1) is 69.5. The van der Waals surface area contributed by atoms with E-state index in [0.717, 1.165) is 149 Å². The van der Waals surface area contributed by atoms with E-state index in [0.29, 0.717) is 34.6 Å². The van der Waals surface area contributed by atoms with E-state index < -0.39 is 24.2 Å². The van der Waals surface area contributed by atoms with Gasteiger partial charge in [-0.2, -0.15) is 0 Å². The van der Waals surface area contributed by atoms with Crippen molar-refractivity contribution in [1.29, 1.82) is 0 Å². The van der Waals surface area contributed by atoms with Crippen molar-refractivity contribution in [3.8, 4) is 67.5 Å². The van der Waals surface area contributed by atoms with Crippen molar-refractivity contribution >= 4 is 106 Å². The van der Waals surface area contributed by atoms with Gasteiger partial charge < -0.3 is 43.2 Å². The van der Waals surface area contributed by atoms with Crippen LogP contribution in [0.15, 0.2) is 348 Å². The molecule has 0 bridgehead atoms. The molecular formula is C132H131FIr3N6O3Si3-6. The average Bonchev–Trinajstić information content (AvgIpc) is 1.60. The van der Waals surface area contributed by atoms with Crippen LogP contribution in [0.3, 0.4) is 0 Å². The molecule has 0 aliphatic rings. The Hall–Kier alpha value is -12.5. The zero-order valence-electron chi connectivity index (χ0n) is 88.8. The molecule has 0 amide bonds. The van der Waals surface area contributed by atoms with Crippen molar-refractivity contribution in [3.05, 3.63) is 449 Å². The van der Waals surface area contributed by atoms with Crippen LogP contribution in [0.4, 0.5) is 4.39 Å². The standard InChI is InChI=1S/C29H26NO.C28H24NO.C24H15FNO.2C18H24NSi.C15H18NSi.3Ir/c1-29(2,3)19-21-15-16-30-26(18-21)25-14-8-13-24-23-12-7-11-22(27(23)31-28(24)25)17-20-9-5-4-6-10-20;1-18(2)22-13-14-29-25(17-22)23-11-9-19(3)27-24-12-10-21(16-26(24)30-28(23)27)15-20-7-5-4-6-8-20;25-18-11-12-26-22(15-18)20-8-4-7-19-21-14-17(9-10-23(21)27-24(19)20)13-16-5-2-1-3-6-16;1-13(2)16-11-17(15-9-7-14(3)8-10-15)19-12-18(16)20(4,5)6;1-14(2)11-16-12-17(15-9-7-6-8-10-15)19-13-18(16)20(3,4)5;1-12-5-7-13(8-6-12)15-10-9-14(11-16-15)17(2,3)4;;;/h4-13,15-16,18H,17,19H2,1-3H3;4-10,12-14,16-18H,15H2,1-3H3;1-7,9-12,14-15H,13H2;7-9,11-13H,1-6H3;6-9,12-14H,11H2,1-5H3;5-7,9-11H,1-4H3;;;/q6*-1;;;. The van der Waals surface area contributed by atoms with Gasteiger partial charge in [0.2, 0.25) is 0 Å². The summed E-state index contributed by atoms with van der Waals surface area (Å²) >= 11 is 0. The summed E-state index contributed by atoms with van der Waals surface area (Å²) in [7, 11) is -3.93. The monoisotopic (exact) mass is 2530 g/mol. The summed E-state index contributed by atoms with van der Waals surface area (Å²) in [4.78, 5) is 27.5. The number of para-hydroxylation sites is 1. The van der Waals surface area contributed by atoms with Gasteiger partial charge in [-0.1, -0.05) is 361 Å². The molecule has 0 aliphatic heterocycles. The van der Waals surface area contributed by atoms with Crippen LogP contribution in [0, 0.1) is 74.3 Å². The third-order valence-corrected chi connectivity index (χ3v) is 32.1. The van der Waals surface area contributed by atoms with E-state index in [9.17, 15) is 4.39 Å². The number of furan rings is 3. The molecule has 0 atom stereocenters. The van der Waals surface area contributed by atoms with Gasteiger partial charge in [0.25, 0.3) is 0 Å². The predicted octanol–water partition coefficient (Wildman–Crippen LogP) is 33.5. The van der Waals surface area contributed by atoms with Crippen molar-refractivity contribution in [2.75, 3.05) is 0 Å². The van der Waals surface area contributed by atoms with E-state index in [2.05, 4.69) is 428 Å². The summed E-state index contributed by atoms with van der Waals surface area (Å²) in [5.41, 5.74) is 33.1. The molecule has 0 aliphatic carbocycles. The fraction of sp³-hybridized carbons (Fsp3) is 0.227. The van der Waals surface area contributed by atoms with E-state index in [1.54, 1.807) is 0 Å². The van der Waals surface area contributed by atoms with Crippen LogP contribution < -0.4 is 15.6 Å². The van der Waals surface area contributed by atoms with Crippen LogP contribution in [-0.4, -0.2) is 54.1 Å². The average molecular weight is 2530 g/mol. The van der Waals surface area contributed by atoms with Crippen molar-refractivity contribution < 1.29 is 78.0 Å². The zero-order valence-corrected chi connectivity index (χ0v) is 99.0. The molecule has 148 heavy (non-hydrogen) atoms. The smallest absolute Gasteiger partial charge is 0.124 e. The fourth-order valence-corrected chi connectivity index (χ4v) is 22.7. The van der Waals surface area contributed by atoms with Crippen LogP contribution in [0.25, 0.3) is 133 Å². The summed E-state index contributed by atoms with van der Waals surface area (Å²) in [5, 5.41) is 11.0. The summed E-state index contributed by atoms with van der Waals surface area (Å²) in [6.45, 7) is 47.9. The van der Waals surface area contributed by atoms with E-state index in [1.165, 1.54) is 106 Å². The van der Waals surface area contributed by atoms with Crippen LogP contribution in [0.5, 0.6) is 0 Å². The Morgan fingerprint density at radius 2 is 0.865 bits per heavy atom. The Kier molecular flexibility index (Phi) is 38.2. The Balaban J connectivity index is 0.000000150. The molecule has 16 heteroatoms. The van der Waals surface area contributed by atoms with Gasteiger partial charge in [0.15, 0.2) is 0 Å². The Labute approximate surface area is 919 Å². The summed E-state index contributed by atoms with van der Waals surface area (Å²) < 4.78 is 32.7. The number of benzene rings is 12. The third kappa shape index (κ3) is 28.7. The maximum absolute atomic E-state index is 13.6. The van der Waals surface area contributed by atoms with E-state index >= 15 is 0 Å². The maximum atomic E-state index is 13.6. The summed E-state index contributed by atoms with van der Waals surface area (Å²) in [6.07, 6.45) is 16.2. The Bertz CT molecular complexity index is 8010. The number of nitrogens with zero attached hydrogens (tertiary/aromatic N) is 6. The number of aryl methyl sites for hydroxylation is 3. The molecule has 0 saturated carbocycles. The molecule has 21 rings (SSSR count). The molecule has 9 aromatic heterocycles. The van der Waals surface area contributed by atoms with Crippen molar-refractivity contribution in [1.82, 2.24) is 29.9 Å². The number of hydrogen-bond acceptors (Lipinski definition) is 9. The molecule has 0 spiro atoms. The van der Waals surface area contributed by atoms with E-state index in [4.69, 9.17) is 18.2 Å². The molecule has 759 valence electrons. The van der Waals surface area contributed by atoms with Crippen LogP contribution in [0.2, 0.25) is 58.9 Å². The van der Waals surface area contributed by atoms with E-state index in [-0.39, 0.29) is 71.5 Å². The minimum Gasteiger partial charge on any atom is -0.501 e. The Morgan fingerprint density at radius 1 is 0.338 bits per heavy atom. The van der Waals surface area contributed by atoms with Crippen LogP contribution in [-0.2, 0) is 92.4 Å². The molecule has 12 aromatic carbocycles. The van der Waals surface area contributed by atoms with E-state index in [1.807, 2.05) is 91.4 Å². The van der Waals surface area contributed by atoms with Gasteiger partial charge in [-0.15, -0.1) is 161 Å². The van der Waals surface area contributed by atoms with Crippen molar-refractivity contribution in [3.63, 3.8) is 0 Å². The molecule has 3 radical (unpaired) electrons.